The zero-order chi connectivity index (χ0) is 11.2. The monoisotopic (exact) mass is 200 g/mol. The maximum Gasteiger partial charge on any atom is 0.303 e. The van der Waals surface area contributed by atoms with E-state index in [2.05, 4.69) is 0 Å². The highest BCUT2D eigenvalue weighted by atomic mass is 16.4. The van der Waals surface area contributed by atoms with Crippen LogP contribution in [0.1, 0.15) is 39.5 Å². The molecule has 1 N–H and O–H groups in total. The van der Waals surface area contributed by atoms with Gasteiger partial charge in [0.05, 0.1) is 0 Å². The third-order valence-corrected chi connectivity index (χ3v) is 2.55. The molecule has 0 aliphatic carbocycles. The van der Waals surface area contributed by atoms with Crippen molar-refractivity contribution in [2.45, 2.75) is 39.5 Å². The molecule has 0 saturated heterocycles. The molecule has 0 heterocycles. The Balaban J connectivity index is 4.30. The lowest BCUT2D eigenvalue weighted by Crippen LogP contribution is -2.26. The molecule has 4 heteroatoms. The van der Waals surface area contributed by atoms with Gasteiger partial charge in [0.15, 0.2) is 0 Å². The van der Waals surface area contributed by atoms with Gasteiger partial charge in [-0.05, 0) is 19.8 Å². The minimum Gasteiger partial charge on any atom is -0.481 e. The van der Waals surface area contributed by atoms with Crippen molar-refractivity contribution in [1.29, 1.82) is 0 Å². The zero-order valence-corrected chi connectivity index (χ0v) is 8.58. The molecule has 0 saturated carbocycles. The summed E-state index contributed by atoms with van der Waals surface area (Å²) in [6.45, 7) is 3.15. The smallest absolute Gasteiger partial charge is 0.303 e. The van der Waals surface area contributed by atoms with Crippen molar-refractivity contribution in [2.24, 2.45) is 5.41 Å². The first kappa shape index (κ1) is 12.8. The van der Waals surface area contributed by atoms with E-state index in [-0.39, 0.29) is 12.2 Å². The fourth-order valence-electron chi connectivity index (χ4n) is 1.24. The molecule has 0 fully saturated rings. The van der Waals surface area contributed by atoms with Gasteiger partial charge in [0.2, 0.25) is 0 Å². The van der Waals surface area contributed by atoms with Crippen LogP contribution in [0, 0.1) is 5.41 Å². The predicted octanol–water partition coefficient (Wildman–Crippen LogP) is 1.43. The van der Waals surface area contributed by atoms with Crippen molar-refractivity contribution in [2.75, 3.05) is 0 Å². The zero-order valence-electron chi connectivity index (χ0n) is 8.58. The lowest BCUT2D eigenvalue weighted by Gasteiger charge is -2.24. The molecule has 1 unspecified atom stereocenters. The van der Waals surface area contributed by atoms with Crippen LogP contribution in [0.25, 0.3) is 0 Å². The predicted molar refractivity (Wildman–Crippen MR) is 51.0 cm³/mol. The lowest BCUT2D eigenvalue weighted by atomic mass is 9.78. The van der Waals surface area contributed by atoms with E-state index in [9.17, 15) is 14.4 Å². The molecule has 80 valence electrons. The molecule has 0 aromatic carbocycles. The number of hydrogen-bond acceptors (Lipinski definition) is 3. The van der Waals surface area contributed by atoms with Crippen molar-refractivity contribution in [3.8, 4) is 0 Å². The second kappa shape index (κ2) is 5.52. The van der Waals surface area contributed by atoms with Gasteiger partial charge in [-0.3, -0.25) is 9.59 Å². The summed E-state index contributed by atoms with van der Waals surface area (Å²) in [6.07, 6.45) is 1.75. The number of ketones is 1. The van der Waals surface area contributed by atoms with Crippen molar-refractivity contribution < 1.29 is 19.5 Å². The fraction of sp³-hybridized carbons (Fsp3) is 0.700. The molecule has 0 aliphatic rings. The summed E-state index contributed by atoms with van der Waals surface area (Å²) in [5, 5.41) is 8.50. The third kappa shape index (κ3) is 4.16. The Morgan fingerprint density at radius 3 is 2.29 bits per heavy atom. The molecule has 0 amide bonds. The van der Waals surface area contributed by atoms with Crippen LogP contribution in [0.4, 0.5) is 0 Å². The highest BCUT2D eigenvalue weighted by Crippen LogP contribution is 2.29. The summed E-state index contributed by atoms with van der Waals surface area (Å²) in [5.41, 5.74) is -0.667. The molecule has 0 aromatic rings. The normalized spacial score (nSPS) is 14.4. The number of aldehydes is 1. The highest BCUT2D eigenvalue weighted by molar-refractivity contribution is 5.82. The molecule has 0 aromatic heterocycles. The fourth-order valence-corrected chi connectivity index (χ4v) is 1.24. The Morgan fingerprint density at radius 2 is 1.93 bits per heavy atom. The Morgan fingerprint density at radius 1 is 1.36 bits per heavy atom. The molecular formula is C10H16O4. The van der Waals surface area contributed by atoms with Crippen molar-refractivity contribution >= 4 is 18.0 Å². The van der Waals surface area contributed by atoms with Crippen molar-refractivity contribution in [1.82, 2.24) is 0 Å². The van der Waals surface area contributed by atoms with Gasteiger partial charge in [-0.15, -0.1) is 0 Å². The van der Waals surface area contributed by atoms with Crippen molar-refractivity contribution in [3.63, 3.8) is 0 Å². The number of aliphatic carboxylic acids is 1. The van der Waals surface area contributed by atoms with Crippen LogP contribution in [0.15, 0.2) is 0 Å². The van der Waals surface area contributed by atoms with E-state index in [0.717, 1.165) is 6.29 Å². The SMILES string of the molecule is CC(=O)C(C)(CCC=O)CCC(=O)O. The van der Waals surface area contributed by atoms with Crippen LogP contribution in [0.5, 0.6) is 0 Å². The molecule has 0 bridgehead atoms. The Bertz CT molecular complexity index is 234. The second-order valence-corrected chi connectivity index (χ2v) is 3.72. The number of carboxylic acid groups (broad SMARTS) is 1. The summed E-state index contributed by atoms with van der Waals surface area (Å²) in [5.74, 6) is -0.968. The first-order chi connectivity index (χ1) is 6.42. The van der Waals surface area contributed by atoms with E-state index in [0.29, 0.717) is 19.3 Å². The van der Waals surface area contributed by atoms with Gasteiger partial charge in [0, 0.05) is 18.3 Å². The topological polar surface area (TPSA) is 71.4 Å². The standard InChI is InChI=1S/C10H16O4/c1-8(12)10(2,5-3-7-11)6-4-9(13)14/h7H,3-6H2,1-2H3,(H,13,14). The Hall–Kier alpha value is -1.19. The molecule has 0 aliphatic heterocycles. The molecule has 14 heavy (non-hydrogen) atoms. The van der Waals surface area contributed by atoms with E-state index in [1.807, 2.05) is 0 Å². The number of rotatable bonds is 7. The molecular weight excluding hydrogens is 184 g/mol. The summed E-state index contributed by atoms with van der Waals surface area (Å²) in [7, 11) is 0. The lowest BCUT2D eigenvalue weighted by molar-refractivity contribution is -0.138. The van der Waals surface area contributed by atoms with Gasteiger partial charge < -0.3 is 9.90 Å². The summed E-state index contributed by atoms with van der Waals surface area (Å²) in [4.78, 5) is 31.8. The highest BCUT2D eigenvalue weighted by Gasteiger charge is 2.29. The Kier molecular flexibility index (Phi) is 5.05. The van der Waals surface area contributed by atoms with Crippen LogP contribution in [0.3, 0.4) is 0 Å². The van der Waals surface area contributed by atoms with Gasteiger partial charge in [-0.25, -0.2) is 0 Å². The van der Waals surface area contributed by atoms with E-state index >= 15 is 0 Å². The van der Waals surface area contributed by atoms with Gasteiger partial charge in [-0.2, -0.15) is 0 Å². The quantitative estimate of drug-likeness (QED) is 0.631. The van der Waals surface area contributed by atoms with E-state index in [1.54, 1.807) is 6.92 Å². The maximum atomic E-state index is 11.3. The Labute approximate surface area is 83.3 Å². The van der Waals surface area contributed by atoms with Crippen LogP contribution in [0.2, 0.25) is 0 Å². The average Bonchev–Trinajstić information content (AvgIpc) is 2.11. The number of carbonyl (C=O) groups excluding carboxylic acids is 2. The molecule has 4 nitrogen and oxygen atoms in total. The number of Topliss-reactive ketones (excluding diaryl/α,β-unsaturated/α-hetero) is 1. The number of hydrogen-bond donors (Lipinski definition) is 1. The van der Waals surface area contributed by atoms with E-state index in [1.165, 1.54) is 6.92 Å². The van der Waals surface area contributed by atoms with Gasteiger partial charge in [0.25, 0.3) is 0 Å². The maximum absolute atomic E-state index is 11.3. The minimum absolute atomic E-state index is 0.0328. The van der Waals surface area contributed by atoms with E-state index < -0.39 is 11.4 Å². The molecule has 1 atom stereocenters. The average molecular weight is 200 g/mol. The summed E-state index contributed by atoms with van der Waals surface area (Å²) in [6, 6.07) is 0. The first-order valence-corrected chi connectivity index (χ1v) is 4.59. The second-order valence-electron chi connectivity index (χ2n) is 3.72. The van der Waals surface area contributed by atoms with E-state index in [4.69, 9.17) is 5.11 Å². The number of carboxylic acids is 1. The minimum atomic E-state index is -0.913. The molecule has 0 radical (unpaired) electrons. The van der Waals surface area contributed by atoms with Crippen molar-refractivity contribution in [3.05, 3.63) is 0 Å². The van der Waals surface area contributed by atoms with Crippen LogP contribution in [-0.2, 0) is 14.4 Å². The molecule has 0 spiro atoms. The molecule has 0 rings (SSSR count). The number of carbonyl (C=O) groups is 3. The summed E-state index contributed by atoms with van der Waals surface area (Å²) >= 11 is 0. The first-order valence-electron chi connectivity index (χ1n) is 4.59. The van der Waals surface area contributed by atoms with Crippen LogP contribution in [-0.4, -0.2) is 23.1 Å². The van der Waals surface area contributed by atoms with Crippen LogP contribution < -0.4 is 0 Å². The van der Waals surface area contributed by atoms with Gasteiger partial charge >= 0.3 is 5.97 Å². The largest absolute Gasteiger partial charge is 0.481 e. The van der Waals surface area contributed by atoms with Gasteiger partial charge in [0.1, 0.15) is 12.1 Å². The van der Waals surface area contributed by atoms with Crippen LogP contribution >= 0.6 is 0 Å². The summed E-state index contributed by atoms with van der Waals surface area (Å²) < 4.78 is 0. The van der Waals surface area contributed by atoms with Gasteiger partial charge in [-0.1, -0.05) is 6.92 Å². The third-order valence-electron chi connectivity index (χ3n) is 2.55.